The minimum absolute atomic E-state index is 0.00187. The quantitative estimate of drug-likeness (QED) is 0.152. The van der Waals surface area contributed by atoms with E-state index in [9.17, 15) is 24.6 Å². The molecule has 14 heteroatoms. The molecule has 4 aliphatic heterocycles. The van der Waals surface area contributed by atoms with Crippen LogP contribution in [-0.4, -0.2) is 150 Å². The number of carbonyl (C=O) groups is 3. The van der Waals surface area contributed by atoms with Crippen molar-refractivity contribution in [2.45, 2.75) is 101 Å². The van der Waals surface area contributed by atoms with E-state index in [1.165, 1.54) is 30.4 Å². The number of piperidine rings is 1. The second-order valence-corrected chi connectivity index (χ2v) is 18.1. The maximum absolute atomic E-state index is 13.1. The summed E-state index contributed by atoms with van der Waals surface area (Å²) in [7, 11) is 0. The fourth-order valence-corrected chi connectivity index (χ4v) is 10.3. The topological polar surface area (TPSA) is 154 Å². The molecule has 3 saturated heterocycles. The summed E-state index contributed by atoms with van der Waals surface area (Å²) in [6.45, 7) is 9.54. The van der Waals surface area contributed by atoms with Crippen LogP contribution >= 0.6 is 0 Å². The van der Waals surface area contributed by atoms with E-state index in [0.29, 0.717) is 76.1 Å². The summed E-state index contributed by atoms with van der Waals surface area (Å²) in [5, 5.41) is 23.5. The first-order chi connectivity index (χ1) is 30.6. The fourth-order valence-electron chi connectivity index (χ4n) is 10.3. The number of anilines is 1. The Morgan fingerprint density at radius 1 is 0.937 bits per heavy atom. The van der Waals surface area contributed by atoms with Gasteiger partial charge in [0.15, 0.2) is 19.0 Å². The molecule has 3 N–H and O–H groups in total. The van der Waals surface area contributed by atoms with Crippen molar-refractivity contribution in [1.29, 1.82) is 0 Å². The SMILES string of the molecule is Cc1ccccc1OCC(=O)N1CCOC2(CCN(Cc3cccc(CCOC4CCN(CCN(CCc5ccc(O)c6c5OCC(=O)N6)C5CCCCC5)[C@@H]4C(=O)O)c3)CC2)C1. The van der Waals surface area contributed by atoms with Gasteiger partial charge in [-0.3, -0.25) is 29.1 Å². The molecule has 0 radical (unpaired) electrons. The number of likely N-dealkylation sites (tertiary alicyclic amines) is 2. The average Bonchev–Trinajstić information content (AvgIpc) is 3.71. The lowest BCUT2D eigenvalue weighted by atomic mass is 9.89. The first-order valence-electron chi connectivity index (χ1n) is 23.1. The number of aryl methyl sites for hydroxylation is 1. The van der Waals surface area contributed by atoms with Gasteiger partial charge in [-0.25, -0.2) is 0 Å². The first kappa shape index (κ1) is 44.9. The number of ether oxygens (including phenoxy) is 4. The van der Waals surface area contributed by atoms with Gasteiger partial charge in [0.2, 0.25) is 0 Å². The highest BCUT2D eigenvalue weighted by molar-refractivity contribution is 5.97. The summed E-state index contributed by atoms with van der Waals surface area (Å²) in [5.74, 6) is 0.141. The lowest BCUT2D eigenvalue weighted by molar-refractivity contribution is -0.161. The van der Waals surface area contributed by atoms with E-state index in [0.717, 1.165) is 75.3 Å². The summed E-state index contributed by atoms with van der Waals surface area (Å²) < 4.78 is 24.4. The number of carboxylic acid groups (broad SMARTS) is 1. The van der Waals surface area contributed by atoms with E-state index in [-0.39, 0.29) is 42.5 Å². The molecular weight excluding hydrogens is 803 g/mol. The number of phenolic OH excluding ortho intramolecular Hbond substituents is 1. The van der Waals surface area contributed by atoms with Crippen molar-refractivity contribution in [3.63, 3.8) is 0 Å². The number of hydrogen-bond acceptors (Lipinski definition) is 11. The number of morpholine rings is 1. The third-order valence-corrected chi connectivity index (χ3v) is 13.9. The van der Waals surface area contributed by atoms with E-state index in [1.807, 2.05) is 42.2 Å². The number of aromatic hydroxyl groups is 1. The van der Waals surface area contributed by atoms with E-state index >= 15 is 0 Å². The molecule has 63 heavy (non-hydrogen) atoms. The zero-order chi connectivity index (χ0) is 43.8. The molecule has 340 valence electrons. The fraction of sp³-hybridized carbons (Fsp3) is 0.571. The summed E-state index contributed by atoms with van der Waals surface area (Å²) in [6.07, 6.45) is 9.29. The van der Waals surface area contributed by atoms with Crippen molar-refractivity contribution in [2.75, 3.05) is 84.1 Å². The van der Waals surface area contributed by atoms with Gasteiger partial charge in [0.25, 0.3) is 11.8 Å². The summed E-state index contributed by atoms with van der Waals surface area (Å²) in [4.78, 5) is 46.8. The van der Waals surface area contributed by atoms with Crippen LogP contribution in [0.3, 0.4) is 0 Å². The molecule has 8 rings (SSSR count). The second-order valence-electron chi connectivity index (χ2n) is 18.1. The number of nitrogens with zero attached hydrogens (tertiary/aromatic N) is 4. The van der Waals surface area contributed by atoms with Crippen molar-refractivity contribution in [1.82, 2.24) is 19.6 Å². The van der Waals surface area contributed by atoms with Crippen LogP contribution in [0.15, 0.2) is 60.7 Å². The molecule has 0 aromatic heterocycles. The Morgan fingerprint density at radius 3 is 2.56 bits per heavy atom. The maximum atomic E-state index is 13.1. The average molecular weight is 868 g/mol. The van der Waals surface area contributed by atoms with Crippen molar-refractivity contribution in [3.05, 3.63) is 82.9 Å². The number of nitrogens with one attached hydrogen (secondary N) is 1. The number of carboxylic acids is 1. The molecule has 1 unspecified atom stereocenters. The van der Waals surface area contributed by atoms with Crippen molar-refractivity contribution >= 4 is 23.5 Å². The Kier molecular flexibility index (Phi) is 14.8. The van der Waals surface area contributed by atoms with Gasteiger partial charge >= 0.3 is 5.97 Å². The largest absolute Gasteiger partial charge is 0.506 e. The molecule has 2 amide bonds. The van der Waals surface area contributed by atoms with Crippen molar-refractivity contribution in [2.24, 2.45) is 0 Å². The highest BCUT2D eigenvalue weighted by atomic mass is 16.5. The van der Waals surface area contributed by atoms with Crippen LogP contribution < -0.4 is 14.8 Å². The number of fused-ring (bicyclic) bond motifs is 1. The monoisotopic (exact) mass is 867 g/mol. The molecule has 1 spiro atoms. The van der Waals surface area contributed by atoms with Crippen LogP contribution in [0.4, 0.5) is 5.69 Å². The number of phenols is 1. The van der Waals surface area contributed by atoms with Crippen LogP contribution in [0, 0.1) is 6.92 Å². The normalized spacial score (nSPS) is 21.9. The number of carbonyl (C=O) groups excluding carboxylic acids is 2. The predicted octanol–water partition coefficient (Wildman–Crippen LogP) is 5.27. The molecule has 1 aliphatic carbocycles. The smallest absolute Gasteiger partial charge is 0.323 e. The maximum Gasteiger partial charge on any atom is 0.323 e. The zero-order valence-corrected chi connectivity index (χ0v) is 36.8. The van der Waals surface area contributed by atoms with Gasteiger partial charge in [-0.15, -0.1) is 0 Å². The van der Waals surface area contributed by atoms with E-state index < -0.39 is 12.0 Å². The van der Waals surface area contributed by atoms with Crippen molar-refractivity contribution < 1.29 is 43.5 Å². The van der Waals surface area contributed by atoms with Gasteiger partial charge < -0.3 is 39.4 Å². The van der Waals surface area contributed by atoms with Crippen LogP contribution in [0.2, 0.25) is 0 Å². The Hall–Kier alpha value is -4.73. The first-order valence-corrected chi connectivity index (χ1v) is 23.1. The Morgan fingerprint density at radius 2 is 1.75 bits per heavy atom. The minimum atomic E-state index is -0.841. The zero-order valence-electron chi connectivity index (χ0n) is 36.8. The summed E-state index contributed by atoms with van der Waals surface area (Å²) in [6, 6.07) is 19.6. The molecule has 3 aromatic carbocycles. The molecule has 0 bridgehead atoms. The number of aliphatic carboxylic acids is 1. The number of para-hydroxylation sites is 1. The lowest BCUT2D eigenvalue weighted by Crippen LogP contribution is -2.58. The highest BCUT2D eigenvalue weighted by Crippen LogP contribution is 2.40. The van der Waals surface area contributed by atoms with Crippen LogP contribution in [0.1, 0.15) is 73.6 Å². The standard InChI is InChI=1S/C49H65N5O9/c1-35-8-5-6-13-41(35)61-33-44(57)54-27-29-63-49(34-54)19-23-51(24-20-49)31-37-10-7-9-36(30-37)18-28-60-42-17-22-53(46(42)48(58)59)26-25-52(39-11-3-2-4-12-39)21-16-38-14-15-40(55)45-47(38)62-32-43(56)50-45/h5-10,13-15,30,39,42,46,55H,2-4,11-12,16-29,31-34H2,1H3,(H,50,56)(H,58,59)/t42?,46-/m0/s1. The number of hydrogen-bond donors (Lipinski definition) is 3. The molecule has 1 saturated carbocycles. The predicted molar refractivity (Wildman–Crippen MR) is 238 cm³/mol. The molecule has 4 fully saturated rings. The van der Waals surface area contributed by atoms with Crippen LogP contribution in [-0.2, 0) is 43.2 Å². The second kappa shape index (κ2) is 20.8. The summed E-state index contributed by atoms with van der Waals surface area (Å²) >= 11 is 0. The Labute approximate surface area is 371 Å². The molecule has 2 atom stereocenters. The Bertz CT molecular complexity index is 2050. The van der Waals surface area contributed by atoms with Crippen molar-refractivity contribution in [3.8, 4) is 17.2 Å². The van der Waals surface area contributed by atoms with Crippen LogP contribution in [0.5, 0.6) is 17.2 Å². The third kappa shape index (κ3) is 11.3. The van der Waals surface area contributed by atoms with Gasteiger partial charge in [-0.1, -0.05) is 67.8 Å². The number of amides is 2. The van der Waals surface area contributed by atoms with Gasteiger partial charge in [-0.2, -0.15) is 0 Å². The molecular formula is C49H65N5O9. The third-order valence-electron chi connectivity index (χ3n) is 13.9. The molecule has 14 nitrogen and oxygen atoms in total. The van der Waals surface area contributed by atoms with E-state index in [4.69, 9.17) is 18.9 Å². The number of benzene rings is 3. The molecule has 4 heterocycles. The Balaban J connectivity index is 0.790. The minimum Gasteiger partial charge on any atom is -0.506 e. The highest BCUT2D eigenvalue weighted by Gasteiger charge is 2.42. The van der Waals surface area contributed by atoms with Gasteiger partial charge in [-0.05, 0) is 86.3 Å². The molecule has 3 aromatic rings. The van der Waals surface area contributed by atoms with E-state index in [2.05, 4.69) is 44.3 Å². The lowest BCUT2D eigenvalue weighted by Gasteiger charge is -2.47. The summed E-state index contributed by atoms with van der Waals surface area (Å²) in [5.41, 5.74) is 4.37. The van der Waals surface area contributed by atoms with Gasteiger partial charge in [0.05, 0.1) is 24.9 Å². The molecule has 5 aliphatic rings. The number of rotatable bonds is 17. The van der Waals surface area contributed by atoms with Crippen LogP contribution in [0.25, 0.3) is 0 Å². The van der Waals surface area contributed by atoms with Gasteiger partial charge in [0.1, 0.15) is 23.2 Å². The van der Waals surface area contributed by atoms with E-state index in [1.54, 1.807) is 6.07 Å². The van der Waals surface area contributed by atoms with Gasteiger partial charge in [0, 0.05) is 64.9 Å².